The molecule has 1 aromatic carbocycles. The molecule has 0 saturated heterocycles. The third-order valence-electron chi connectivity index (χ3n) is 4.90. The van der Waals surface area contributed by atoms with Crippen molar-refractivity contribution in [2.45, 2.75) is 34.0 Å². The molecule has 1 amide bonds. The van der Waals surface area contributed by atoms with Gasteiger partial charge in [-0.15, -0.1) is 0 Å². The molecule has 0 aliphatic rings. The van der Waals surface area contributed by atoms with Crippen LogP contribution in [0.4, 0.5) is 5.69 Å². The highest BCUT2D eigenvalue weighted by Gasteiger charge is 2.18. The van der Waals surface area contributed by atoms with Crippen molar-refractivity contribution < 1.29 is 13.9 Å². The lowest BCUT2D eigenvalue weighted by Gasteiger charge is -2.07. The van der Waals surface area contributed by atoms with Crippen molar-refractivity contribution in [3.8, 4) is 5.75 Å². The monoisotopic (exact) mass is 473 g/mol. The minimum Gasteiger partial charge on any atom is -0.486 e. The van der Waals surface area contributed by atoms with E-state index in [0.29, 0.717) is 39.6 Å². The molecule has 0 fully saturated rings. The summed E-state index contributed by atoms with van der Waals surface area (Å²) < 4.78 is 14.8. The number of furan rings is 1. The molecule has 0 unspecified atom stereocenters. The summed E-state index contributed by atoms with van der Waals surface area (Å²) in [5.41, 5.74) is 3.02. The fourth-order valence-electron chi connectivity index (χ4n) is 3.18. The van der Waals surface area contributed by atoms with Crippen LogP contribution in [0.15, 0.2) is 47.1 Å². The first kappa shape index (κ1) is 22.0. The lowest BCUT2D eigenvalue weighted by atomic mass is 10.2. The molecule has 0 aliphatic heterocycles. The van der Waals surface area contributed by atoms with Gasteiger partial charge in [0.25, 0.3) is 5.91 Å². The molecule has 0 spiro atoms. The summed E-state index contributed by atoms with van der Waals surface area (Å²) in [7, 11) is 0. The minimum atomic E-state index is -0.369. The second kappa shape index (κ2) is 9.10. The van der Waals surface area contributed by atoms with Crippen LogP contribution in [0.5, 0.6) is 5.75 Å². The first-order chi connectivity index (χ1) is 15.3. The van der Waals surface area contributed by atoms with E-state index in [4.69, 9.17) is 32.4 Å². The van der Waals surface area contributed by atoms with E-state index in [1.54, 1.807) is 46.0 Å². The van der Waals surface area contributed by atoms with Gasteiger partial charge >= 0.3 is 0 Å². The molecule has 0 bridgehead atoms. The molecular formula is C22H21Cl2N5O3. The largest absolute Gasteiger partial charge is 0.486 e. The highest BCUT2D eigenvalue weighted by atomic mass is 35.5. The third kappa shape index (κ3) is 4.81. The van der Waals surface area contributed by atoms with E-state index in [2.05, 4.69) is 15.5 Å². The molecule has 32 heavy (non-hydrogen) atoms. The Morgan fingerprint density at radius 3 is 2.72 bits per heavy atom. The van der Waals surface area contributed by atoms with Crippen LogP contribution in [-0.2, 0) is 13.3 Å². The zero-order chi connectivity index (χ0) is 22.8. The maximum Gasteiger partial charge on any atom is 0.291 e. The number of carbonyl (C=O) groups excluding carboxylic acids is 1. The first-order valence-corrected chi connectivity index (χ1v) is 10.6. The molecule has 0 saturated carbocycles. The highest BCUT2D eigenvalue weighted by molar-refractivity contribution is 6.31. The Morgan fingerprint density at radius 1 is 1.19 bits per heavy atom. The van der Waals surface area contributed by atoms with Gasteiger partial charge in [-0.25, -0.2) is 9.36 Å². The van der Waals surface area contributed by atoms with Crippen molar-refractivity contribution in [1.29, 1.82) is 0 Å². The fourth-order valence-corrected chi connectivity index (χ4v) is 3.46. The van der Waals surface area contributed by atoms with E-state index >= 15 is 0 Å². The number of aryl methyl sites for hydroxylation is 2. The van der Waals surface area contributed by atoms with Gasteiger partial charge in [-0.05, 0) is 56.7 Å². The molecule has 1 N–H and O–H groups in total. The Bertz CT molecular complexity index is 1270. The van der Waals surface area contributed by atoms with Crippen LogP contribution >= 0.6 is 23.2 Å². The van der Waals surface area contributed by atoms with Crippen LogP contribution in [0.2, 0.25) is 10.0 Å². The van der Waals surface area contributed by atoms with Gasteiger partial charge in [0.05, 0.1) is 28.3 Å². The molecule has 3 aromatic heterocycles. The molecule has 0 radical (unpaired) electrons. The van der Waals surface area contributed by atoms with Crippen molar-refractivity contribution >= 4 is 34.8 Å². The molecule has 0 atom stereocenters. The van der Waals surface area contributed by atoms with Crippen LogP contribution in [0.1, 0.15) is 33.3 Å². The van der Waals surface area contributed by atoms with Crippen molar-refractivity contribution in [3.05, 3.63) is 81.2 Å². The van der Waals surface area contributed by atoms with Gasteiger partial charge in [-0.3, -0.25) is 4.79 Å². The van der Waals surface area contributed by atoms with E-state index in [9.17, 15) is 4.79 Å². The zero-order valence-corrected chi connectivity index (χ0v) is 19.2. The van der Waals surface area contributed by atoms with Crippen molar-refractivity contribution in [2.75, 3.05) is 5.32 Å². The number of amides is 1. The summed E-state index contributed by atoms with van der Waals surface area (Å²) in [6.07, 6.45) is 3.26. The van der Waals surface area contributed by atoms with Crippen molar-refractivity contribution in [3.63, 3.8) is 0 Å². The summed E-state index contributed by atoms with van der Waals surface area (Å²) in [4.78, 5) is 12.7. The van der Waals surface area contributed by atoms with Gasteiger partial charge < -0.3 is 14.5 Å². The van der Waals surface area contributed by atoms with Crippen molar-refractivity contribution in [1.82, 2.24) is 19.6 Å². The van der Waals surface area contributed by atoms with Gasteiger partial charge in [0.2, 0.25) is 0 Å². The number of hydrogen-bond acceptors (Lipinski definition) is 5. The summed E-state index contributed by atoms with van der Waals surface area (Å²) in [6.45, 7) is 6.17. The van der Waals surface area contributed by atoms with Crippen LogP contribution in [0.3, 0.4) is 0 Å². The number of benzene rings is 1. The Morgan fingerprint density at radius 2 is 2.00 bits per heavy atom. The number of nitrogens with one attached hydrogen (secondary N) is 1. The molecule has 10 heteroatoms. The number of nitrogens with zero attached hydrogens (tertiary/aromatic N) is 4. The van der Waals surface area contributed by atoms with Crippen LogP contribution < -0.4 is 10.1 Å². The number of aromatic nitrogens is 4. The Kier molecular flexibility index (Phi) is 6.25. The maximum absolute atomic E-state index is 12.7. The summed E-state index contributed by atoms with van der Waals surface area (Å²) >= 11 is 12.0. The topological polar surface area (TPSA) is 87.1 Å². The Hall–Kier alpha value is -3.23. The number of carbonyl (C=O) groups is 1. The number of rotatable bonds is 7. The molecule has 3 heterocycles. The lowest BCUT2D eigenvalue weighted by molar-refractivity contribution is 0.0992. The Balaban J connectivity index is 1.41. The van der Waals surface area contributed by atoms with E-state index in [-0.39, 0.29) is 18.3 Å². The smallest absolute Gasteiger partial charge is 0.291 e. The van der Waals surface area contributed by atoms with Crippen molar-refractivity contribution in [2.24, 2.45) is 0 Å². The fraction of sp³-hybridized carbons (Fsp3) is 0.227. The Labute approximate surface area is 194 Å². The van der Waals surface area contributed by atoms with Crippen LogP contribution in [-0.4, -0.2) is 25.5 Å². The molecule has 8 nitrogen and oxygen atoms in total. The average molecular weight is 474 g/mol. The second-order valence-electron chi connectivity index (χ2n) is 7.30. The number of anilines is 1. The van der Waals surface area contributed by atoms with E-state index in [0.717, 1.165) is 11.3 Å². The summed E-state index contributed by atoms with van der Waals surface area (Å²) in [5.74, 6) is 1.02. The lowest BCUT2D eigenvalue weighted by Crippen LogP contribution is -2.14. The summed E-state index contributed by atoms with van der Waals surface area (Å²) in [5, 5.41) is 12.7. The molecular weight excluding hydrogens is 453 g/mol. The van der Waals surface area contributed by atoms with Crippen LogP contribution in [0, 0.1) is 20.8 Å². The molecule has 4 aromatic rings. The first-order valence-electron chi connectivity index (χ1n) is 9.81. The molecule has 0 aliphatic carbocycles. The highest BCUT2D eigenvalue weighted by Crippen LogP contribution is 2.23. The number of hydrogen-bond donors (Lipinski definition) is 1. The normalized spacial score (nSPS) is 11.0. The predicted molar refractivity (Wildman–Crippen MR) is 122 cm³/mol. The van der Waals surface area contributed by atoms with Gasteiger partial charge in [0, 0.05) is 11.2 Å². The number of ether oxygens (including phenoxy) is 1. The van der Waals surface area contributed by atoms with E-state index in [1.807, 2.05) is 26.8 Å². The van der Waals surface area contributed by atoms with E-state index in [1.165, 1.54) is 0 Å². The molecule has 166 valence electrons. The zero-order valence-electron chi connectivity index (χ0n) is 17.7. The SMILES string of the molecule is Cc1cc(OCc2ccc(C(=O)Nc3c(C)nn(Cn4cc(Cl)cn4)c3C)o2)ccc1Cl. The third-order valence-corrected chi connectivity index (χ3v) is 5.52. The van der Waals surface area contributed by atoms with Crippen LogP contribution in [0.25, 0.3) is 0 Å². The standard InChI is InChI=1S/C22H21Cl2N5O3/c1-13-8-17(4-6-19(13)24)31-11-18-5-7-20(32-18)22(30)26-21-14(2)27-29(15(21)3)12-28-10-16(23)9-25-28/h4-10H,11-12H2,1-3H3,(H,26,30). The minimum absolute atomic E-state index is 0.182. The number of halogens is 2. The second-order valence-corrected chi connectivity index (χ2v) is 8.15. The van der Waals surface area contributed by atoms with Gasteiger partial charge in [0.1, 0.15) is 24.8 Å². The van der Waals surface area contributed by atoms with Gasteiger partial charge in [-0.2, -0.15) is 10.2 Å². The predicted octanol–water partition coefficient (Wildman–Crippen LogP) is 5.24. The quantitative estimate of drug-likeness (QED) is 0.396. The van der Waals surface area contributed by atoms with Gasteiger partial charge in [0.15, 0.2) is 5.76 Å². The van der Waals surface area contributed by atoms with Gasteiger partial charge in [-0.1, -0.05) is 23.2 Å². The maximum atomic E-state index is 12.7. The molecule has 4 rings (SSSR count). The summed E-state index contributed by atoms with van der Waals surface area (Å²) in [6, 6.07) is 8.73. The van der Waals surface area contributed by atoms with E-state index < -0.39 is 0 Å². The average Bonchev–Trinajstić information content (AvgIpc) is 3.46.